The molecular formula is C37H33ClN2O3. The quantitative estimate of drug-likeness (QED) is 0.0986. The molecule has 0 saturated heterocycles. The summed E-state index contributed by atoms with van der Waals surface area (Å²) < 4.78 is 5.68. The van der Waals surface area contributed by atoms with Crippen molar-refractivity contribution < 1.29 is 14.4 Å². The van der Waals surface area contributed by atoms with E-state index in [2.05, 4.69) is 78.4 Å². The normalized spacial score (nSPS) is 13.5. The number of hydrogen-bond donors (Lipinski definition) is 2. The maximum atomic E-state index is 12.7. The minimum atomic E-state index is -0.892. The Balaban J connectivity index is 1.13. The number of carbonyl (C=O) groups is 1. The van der Waals surface area contributed by atoms with Gasteiger partial charge < -0.3 is 10.1 Å². The summed E-state index contributed by atoms with van der Waals surface area (Å²) in [6.07, 6.45) is -0.482. The number of amides is 1. The highest BCUT2D eigenvalue weighted by molar-refractivity contribution is 6.31. The summed E-state index contributed by atoms with van der Waals surface area (Å²) in [5, 5.41) is 3.44. The Labute approximate surface area is 257 Å². The van der Waals surface area contributed by atoms with E-state index in [1.807, 2.05) is 66.7 Å². The molecule has 0 spiro atoms. The highest BCUT2D eigenvalue weighted by Gasteiger charge is 2.38. The first kappa shape index (κ1) is 28.7. The van der Waals surface area contributed by atoms with Gasteiger partial charge in [0, 0.05) is 23.0 Å². The second-order valence-corrected chi connectivity index (χ2v) is 11.1. The number of ether oxygens (including phenoxy) is 1. The molecular weight excluding hydrogens is 556 g/mol. The molecule has 216 valence electrons. The van der Waals surface area contributed by atoms with Crippen LogP contribution in [-0.2, 0) is 15.1 Å². The first-order valence-corrected chi connectivity index (χ1v) is 14.8. The molecule has 2 N–H and O–H groups in total. The first-order valence-electron chi connectivity index (χ1n) is 14.4. The summed E-state index contributed by atoms with van der Waals surface area (Å²) in [4.78, 5) is 18.8. The Morgan fingerprint density at radius 2 is 1.33 bits per heavy atom. The average Bonchev–Trinajstić information content (AvgIpc) is 3.37. The maximum Gasteiger partial charge on any atom is 0.407 e. The molecule has 0 fully saturated rings. The first-order chi connectivity index (χ1) is 21.1. The van der Waals surface area contributed by atoms with Crippen LogP contribution in [0.2, 0.25) is 5.02 Å². The van der Waals surface area contributed by atoms with Crippen molar-refractivity contribution in [1.29, 1.82) is 0 Å². The minimum Gasteiger partial charge on any atom is -0.449 e. The van der Waals surface area contributed by atoms with Gasteiger partial charge >= 0.3 is 6.09 Å². The lowest BCUT2D eigenvalue weighted by Crippen LogP contribution is -2.45. The van der Waals surface area contributed by atoms with Crippen molar-refractivity contribution in [1.82, 2.24) is 10.8 Å². The summed E-state index contributed by atoms with van der Waals surface area (Å²) in [5.74, 6) is 0.00712. The molecule has 0 radical (unpaired) electrons. The van der Waals surface area contributed by atoms with E-state index in [0.29, 0.717) is 5.02 Å². The molecule has 1 unspecified atom stereocenters. The highest BCUT2D eigenvalue weighted by Crippen LogP contribution is 2.44. The molecule has 0 bridgehead atoms. The fourth-order valence-corrected chi connectivity index (χ4v) is 6.20. The Morgan fingerprint density at radius 3 is 2.00 bits per heavy atom. The largest absolute Gasteiger partial charge is 0.449 e. The Hall–Kier alpha value is -4.42. The van der Waals surface area contributed by atoms with E-state index in [1.165, 1.54) is 22.3 Å². The van der Waals surface area contributed by atoms with Crippen LogP contribution in [0.4, 0.5) is 4.79 Å². The van der Waals surface area contributed by atoms with E-state index < -0.39 is 11.6 Å². The SMILES string of the molecule is Cc1ccc(C(NOCCNC(=O)OCC2c3ccccc3-c3ccccc32)(c2ccccc2)c2ccccc2Cl)cc1. The summed E-state index contributed by atoms with van der Waals surface area (Å²) in [5.41, 5.74) is 11.1. The number of halogens is 1. The fraction of sp³-hybridized carbons (Fsp3) is 0.162. The number of hydroxylamine groups is 1. The van der Waals surface area contributed by atoms with Crippen molar-refractivity contribution in [3.63, 3.8) is 0 Å². The number of benzene rings is 5. The second-order valence-electron chi connectivity index (χ2n) is 10.7. The third-order valence-corrected chi connectivity index (χ3v) is 8.34. The predicted molar refractivity (Wildman–Crippen MR) is 171 cm³/mol. The van der Waals surface area contributed by atoms with Gasteiger partial charge in [0.15, 0.2) is 0 Å². The molecule has 0 aliphatic heterocycles. The van der Waals surface area contributed by atoms with Crippen LogP contribution in [0.5, 0.6) is 0 Å². The lowest BCUT2D eigenvalue weighted by Gasteiger charge is -2.37. The number of nitrogens with one attached hydrogen (secondary N) is 2. The molecule has 0 heterocycles. The zero-order chi connectivity index (χ0) is 29.6. The Kier molecular flexibility index (Phi) is 8.57. The molecule has 1 amide bonds. The van der Waals surface area contributed by atoms with E-state index >= 15 is 0 Å². The second kappa shape index (κ2) is 12.8. The van der Waals surface area contributed by atoms with Gasteiger partial charge in [0.1, 0.15) is 12.1 Å². The summed E-state index contributed by atoms with van der Waals surface area (Å²) in [6, 6.07) is 42.7. The van der Waals surface area contributed by atoms with Crippen LogP contribution in [0, 0.1) is 6.92 Å². The van der Waals surface area contributed by atoms with E-state index in [0.717, 1.165) is 22.3 Å². The monoisotopic (exact) mass is 588 g/mol. The minimum absolute atomic E-state index is 0.00712. The van der Waals surface area contributed by atoms with Crippen molar-refractivity contribution in [3.05, 3.63) is 166 Å². The van der Waals surface area contributed by atoms with Gasteiger partial charge in [-0.3, -0.25) is 4.84 Å². The molecule has 43 heavy (non-hydrogen) atoms. The zero-order valence-electron chi connectivity index (χ0n) is 23.9. The molecule has 5 nitrogen and oxygen atoms in total. The van der Waals surface area contributed by atoms with Gasteiger partial charge in [-0.25, -0.2) is 4.79 Å². The molecule has 1 aliphatic carbocycles. The average molecular weight is 589 g/mol. The summed E-state index contributed by atoms with van der Waals surface area (Å²) >= 11 is 6.80. The van der Waals surface area contributed by atoms with E-state index in [1.54, 1.807) is 0 Å². The Bertz CT molecular complexity index is 1660. The topological polar surface area (TPSA) is 59.6 Å². The number of rotatable bonds is 10. The van der Waals surface area contributed by atoms with Crippen LogP contribution in [0.1, 0.15) is 39.3 Å². The van der Waals surface area contributed by atoms with E-state index in [4.69, 9.17) is 21.2 Å². The maximum absolute atomic E-state index is 12.7. The van der Waals surface area contributed by atoms with E-state index in [-0.39, 0.29) is 25.7 Å². The highest BCUT2D eigenvalue weighted by atomic mass is 35.5. The smallest absolute Gasteiger partial charge is 0.407 e. The molecule has 1 atom stereocenters. The van der Waals surface area contributed by atoms with E-state index in [9.17, 15) is 4.79 Å². The van der Waals surface area contributed by atoms with Crippen molar-refractivity contribution >= 4 is 17.7 Å². The van der Waals surface area contributed by atoms with Gasteiger partial charge in [0.2, 0.25) is 0 Å². The number of hydrogen-bond acceptors (Lipinski definition) is 4. The summed E-state index contributed by atoms with van der Waals surface area (Å²) in [7, 11) is 0. The van der Waals surface area contributed by atoms with Gasteiger partial charge in [0.05, 0.1) is 6.61 Å². The van der Waals surface area contributed by atoms with Gasteiger partial charge in [-0.1, -0.05) is 138 Å². The van der Waals surface area contributed by atoms with Gasteiger partial charge in [-0.2, -0.15) is 5.48 Å². The molecule has 0 saturated carbocycles. The lowest BCUT2D eigenvalue weighted by molar-refractivity contribution is 0.00239. The zero-order valence-corrected chi connectivity index (χ0v) is 24.7. The van der Waals surface area contributed by atoms with Crippen LogP contribution < -0.4 is 10.8 Å². The van der Waals surface area contributed by atoms with Gasteiger partial charge in [-0.15, -0.1) is 0 Å². The van der Waals surface area contributed by atoms with Crippen molar-refractivity contribution in [3.8, 4) is 11.1 Å². The number of fused-ring (bicyclic) bond motifs is 3. The van der Waals surface area contributed by atoms with Crippen LogP contribution in [0.3, 0.4) is 0 Å². The van der Waals surface area contributed by atoms with Crippen LogP contribution in [-0.4, -0.2) is 25.9 Å². The summed E-state index contributed by atoms with van der Waals surface area (Å²) in [6.45, 7) is 2.78. The molecule has 1 aliphatic rings. The molecule has 5 aromatic rings. The number of aryl methyl sites for hydroxylation is 1. The van der Waals surface area contributed by atoms with Crippen molar-refractivity contribution in [2.45, 2.75) is 18.4 Å². The van der Waals surface area contributed by atoms with Crippen molar-refractivity contribution in [2.75, 3.05) is 19.8 Å². The molecule has 5 aromatic carbocycles. The van der Waals surface area contributed by atoms with Crippen LogP contribution in [0.25, 0.3) is 11.1 Å². The third kappa shape index (κ3) is 5.80. The predicted octanol–water partition coefficient (Wildman–Crippen LogP) is 8.00. The number of carbonyl (C=O) groups excluding carboxylic acids is 1. The van der Waals surface area contributed by atoms with Crippen LogP contribution in [0.15, 0.2) is 127 Å². The number of alkyl carbamates (subject to hydrolysis) is 1. The van der Waals surface area contributed by atoms with Gasteiger partial charge in [0.25, 0.3) is 0 Å². The third-order valence-electron chi connectivity index (χ3n) is 8.01. The Morgan fingerprint density at radius 1 is 0.744 bits per heavy atom. The molecule has 6 heteroatoms. The lowest BCUT2D eigenvalue weighted by atomic mass is 9.77. The molecule has 6 rings (SSSR count). The standard InChI is InChI=1S/C37H33ClN2O3/c1-26-19-21-28(22-20-26)37(27-11-3-2-4-12-27,34-17-9-10-18-35(34)38)40-43-24-23-39-36(41)42-25-33-31-15-7-5-13-29(31)30-14-6-8-16-32(30)33/h2-22,33,40H,23-25H2,1H3,(H,39,41). The fourth-order valence-electron chi connectivity index (χ4n) is 5.92. The molecule has 0 aromatic heterocycles. The van der Waals surface area contributed by atoms with Crippen LogP contribution >= 0.6 is 11.6 Å². The van der Waals surface area contributed by atoms with Gasteiger partial charge in [-0.05, 0) is 46.4 Å². The van der Waals surface area contributed by atoms with Crippen molar-refractivity contribution in [2.24, 2.45) is 0 Å².